The first-order valence-corrected chi connectivity index (χ1v) is 7.78. The van der Waals surface area contributed by atoms with E-state index in [1.54, 1.807) is 6.92 Å². The molecule has 2 amide bonds. The van der Waals surface area contributed by atoms with Crippen molar-refractivity contribution in [2.45, 2.75) is 56.5 Å². The average Bonchev–Trinajstić information content (AvgIpc) is 3.04. The quantitative estimate of drug-likeness (QED) is 0.825. The SMILES string of the molecule is CN(C)C1(CNC(=O)N2CCCC2(C)C(=O)O)CCCC1. The van der Waals surface area contributed by atoms with Gasteiger partial charge in [-0.3, -0.25) is 0 Å². The van der Waals surface area contributed by atoms with Gasteiger partial charge in [-0.1, -0.05) is 12.8 Å². The summed E-state index contributed by atoms with van der Waals surface area (Å²) in [6.45, 7) is 2.74. The Hall–Kier alpha value is -1.30. The van der Waals surface area contributed by atoms with Gasteiger partial charge in [0.25, 0.3) is 0 Å². The molecule has 1 saturated carbocycles. The normalized spacial score (nSPS) is 28.1. The number of urea groups is 1. The monoisotopic (exact) mass is 297 g/mol. The summed E-state index contributed by atoms with van der Waals surface area (Å²) in [5, 5.41) is 12.4. The lowest BCUT2D eigenvalue weighted by atomic mass is 9.96. The Morgan fingerprint density at radius 3 is 2.33 bits per heavy atom. The number of aliphatic carboxylic acids is 1. The second-order valence-electron chi connectivity index (χ2n) is 6.82. The fourth-order valence-corrected chi connectivity index (χ4v) is 3.66. The molecule has 0 aromatic heterocycles. The van der Waals surface area contributed by atoms with Crippen LogP contribution in [0.3, 0.4) is 0 Å². The van der Waals surface area contributed by atoms with Crippen LogP contribution in [0.5, 0.6) is 0 Å². The van der Waals surface area contributed by atoms with Crippen LogP contribution in [0.1, 0.15) is 45.4 Å². The van der Waals surface area contributed by atoms with Crippen LogP contribution in [0.25, 0.3) is 0 Å². The molecule has 0 aromatic rings. The minimum atomic E-state index is -1.06. The topological polar surface area (TPSA) is 72.9 Å². The fraction of sp³-hybridized carbons (Fsp3) is 0.867. The maximum atomic E-state index is 12.4. The number of amides is 2. The number of nitrogens with one attached hydrogen (secondary N) is 1. The van der Waals surface area contributed by atoms with Crippen LogP contribution >= 0.6 is 0 Å². The van der Waals surface area contributed by atoms with Gasteiger partial charge in [0.2, 0.25) is 0 Å². The number of rotatable bonds is 4. The summed E-state index contributed by atoms with van der Waals surface area (Å²) < 4.78 is 0. The van der Waals surface area contributed by atoms with Gasteiger partial charge in [-0.2, -0.15) is 0 Å². The molecular formula is C15H27N3O3. The Balaban J connectivity index is 2.00. The van der Waals surface area contributed by atoms with Gasteiger partial charge in [-0.15, -0.1) is 0 Å². The van der Waals surface area contributed by atoms with Crippen LogP contribution in [0.4, 0.5) is 4.79 Å². The summed E-state index contributed by atoms with van der Waals surface area (Å²) in [7, 11) is 4.10. The van der Waals surface area contributed by atoms with Crippen molar-refractivity contribution in [3.05, 3.63) is 0 Å². The van der Waals surface area contributed by atoms with E-state index in [-0.39, 0.29) is 11.6 Å². The van der Waals surface area contributed by atoms with Crippen molar-refractivity contribution < 1.29 is 14.7 Å². The van der Waals surface area contributed by atoms with Crippen molar-refractivity contribution >= 4 is 12.0 Å². The molecule has 0 aromatic carbocycles. The fourth-order valence-electron chi connectivity index (χ4n) is 3.66. The smallest absolute Gasteiger partial charge is 0.329 e. The molecule has 1 unspecified atom stereocenters. The molecular weight excluding hydrogens is 270 g/mol. The number of carbonyl (C=O) groups excluding carboxylic acids is 1. The van der Waals surface area contributed by atoms with Crippen molar-refractivity contribution in [1.29, 1.82) is 0 Å². The Bertz CT molecular complexity index is 418. The summed E-state index contributed by atoms with van der Waals surface area (Å²) in [6.07, 6.45) is 5.80. The molecule has 1 atom stereocenters. The molecule has 1 aliphatic carbocycles. The van der Waals surface area contributed by atoms with E-state index < -0.39 is 11.5 Å². The van der Waals surface area contributed by atoms with Crippen molar-refractivity contribution in [2.24, 2.45) is 0 Å². The third-order valence-corrected chi connectivity index (χ3v) is 5.40. The van der Waals surface area contributed by atoms with E-state index in [9.17, 15) is 14.7 Å². The largest absolute Gasteiger partial charge is 0.480 e. The number of hydrogen-bond acceptors (Lipinski definition) is 3. The number of likely N-dealkylation sites (tertiary alicyclic amines) is 1. The van der Waals surface area contributed by atoms with Crippen LogP contribution in [0.2, 0.25) is 0 Å². The maximum absolute atomic E-state index is 12.4. The molecule has 6 nitrogen and oxygen atoms in total. The molecule has 21 heavy (non-hydrogen) atoms. The Morgan fingerprint density at radius 1 is 1.19 bits per heavy atom. The number of hydrogen-bond donors (Lipinski definition) is 2. The maximum Gasteiger partial charge on any atom is 0.329 e. The summed E-state index contributed by atoms with van der Waals surface area (Å²) in [4.78, 5) is 27.5. The molecule has 1 heterocycles. The molecule has 2 fully saturated rings. The first-order valence-electron chi connectivity index (χ1n) is 7.78. The number of likely N-dealkylation sites (N-methyl/N-ethyl adjacent to an activating group) is 1. The highest BCUT2D eigenvalue weighted by Crippen LogP contribution is 2.34. The van der Waals surface area contributed by atoms with Crippen LogP contribution in [-0.2, 0) is 4.79 Å². The lowest BCUT2D eigenvalue weighted by molar-refractivity contribution is -0.147. The van der Waals surface area contributed by atoms with E-state index in [1.165, 1.54) is 17.7 Å². The first-order chi connectivity index (χ1) is 9.82. The number of nitrogens with zero attached hydrogens (tertiary/aromatic N) is 2. The summed E-state index contributed by atoms with van der Waals surface area (Å²) in [5.74, 6) is -0.918. The molecule has 6 heteroatoms. The highest BCUT2D eigenvalue weighted by atomic mass is 16.4. The van der Waals surface area contributed by atoms with E-state index in [0.29, 0.717) is 19.5 Å². The van der Waals surface area contributed by atoms with Gasteiger partial charge in [-0.05, 0) is 46.7 Å². The van der Waals surface area contributed by atoms with E-state index in [2.05, 4.69) is 24.3 Å². The molecule has 120 valence electrons. The zero-order valence-electron chi connectivity index (χ0n) is 13.3. The lowest BCUT2D eigenvalue weighted by Crippen LogP contribution is -2.57. The standard InChI is InChI=1S/C15H27N3O3/c1-14(12(19)20)7-6-10-18(14)13(21)16-11-15(17(2)3)8-4-5-9-15/h4-11H2,1-3H3,(H,16,21)(H,19,20). The molecule has 1 aliphatic heterocycles. The van der Waals surface area contributed by atoms with E-state index in [4.69, 9.17) is 0 Å². The average molecular weight is 297 g/mol. The predicted molar refractivity (Wildman–Crippen MR) is 80.3 cm³/mol. The predicted octanol–water partition coefficient (Wildman–Crippen LogP) is 1.51. The van der Waals surface area contributed by atoms with Gasteiger partial charge < -0.3 is 20.2 Å². The minimum Gasteiger partial charge on any atom is -0.480 e. The third-order valence-electron chi connectivity index (χ3n) is 5.40. The molecule has 0 bridgehead atoms. The summed E-state index contributed by atoms with van der Waals surface area (Å²) in [5.41, 5.74) is -1.04. The van der Waals surface area contributed by atoms with Gasteiger partial charge in [0, 0.05) is 18.6 Å². The van der Waals surface area contributed by atoms with E-state index in [0.717, 1.165) is 19.3 Å². The van der Waals surface area contributed by atoms with Crippen molar-refractivity contribution in [3.8, 4) is 0 Å². The van der Waals surface area contributed by atoms with Gasteiger partial charge in [0.1, 0.15) is 5.54 Å². The Kier molecular flexibility index (Phi) is 4.46. The highest BCUT2D eigenvalue weighted by molar-refractivity contribution is 5.86. The molecule has 2 aliphatic rings. The van der Waals surface area contributed by atoms with E-state index in [1.807, 2.05) is 0 Å². The van der Waals surface area contributed by atoms with Crippen LogP contribution < -0.4 is 5.32 Å². The Morgan fingerprint density at radius 2 is 1.81 bits per heavy atom. The Labute approximate surface area is 126 Å². The van der Waals surface area contributed by atoms with Gasteiger partial charge in [0.15, 0.2) is 0 Å². The van der Waals surface area contributed by atoms with Gasteiger partial charge in [0.05, 0.1) is 0 Å². The molecule has 0 radical (unpaired) electrons. The van der Waals surface area contributed by atoms with Crippen LogP contribution in [-0.4, -0.2) is 65.2 Å². The highest BCUT2D eigenvalue weighted by Gasteiger charge is 2.46. The van der Waals surface area contributed by atoms with E-state index >= 15 is 0 Å². The van der Waals surface area contributed by atoms with Crippen molar-refractivity contribution in [1.82, 2.24) is 15.1 Å². The van der Waals surface area contributed by atoms with Crippen molar-refractivity contribution in [2.75, 3.05) is 27.2 Å². The summed E-state index contributed by atoms with van der Waals surface area (Å²) in [6, 6.07) is -0.245. The second kappa shape index (κ2) is 5.83. The van der Waals surface area contributed by atoms with Gasteiger partial charge in [-0.25, -0.2) is 9.59 Å². The van der Waals surface area contributed by atoms with Crippen LogP contribution in [0, 0.1) is 0 Å². The third kappa shape index (κ3) is 2.86. The number of carboxylic acids is 1. The van der Waals surface area contributed by atoms with Gasteiger partial charge >= 0.3 is 12.0 Å². The molecule has 2 rings (SSSR count). The number of carboxylic acid groups (broad SMARTS) is 1. The summed E-state index contributed by atoms with van der Waals surface area (Å²) >= 11 is 0. The molecule has 0 spiro atoms. The second-order valence-corrected chi connectivity index (χ2v) is 6.82. The molecule has 1 saturated heterocycles. The molecule has 2 N–H and O–H groups in total. The minimum absolute atomic E-state index is 0.0228. The lowest BCUT2D eigenvalue weighted by Gasteiger charge is -2.38. The first kappa shape index (κ1) is 16.1. The number of carbonyl (C=O) groups is 2. The zero-order valence-corrected chi connectivity index (χ0v) is 13.3. The van der Waals surface area contributed by atoms with Crippen LogP contribution in [0.15, 0.2) is 0 Å². The van der Waals surface area contributed by atoms with Crippen molar-refractivity contribution in [3.63, 3.8) is 0 Å². The zero-order chi connectivity index (χ0) is 15.7.